The smallest absolute Gasteiger partial charge is 0.0465 e. The van der Waals surface area contributed by atoms with Crippen LogP contribution in [0.15, 0.2) is 17.1 Å². The Morgan fingerprint density at radius 1 is 1.25 bits per heavy atom. The van der Waals surface area contributed by atoms with E-state index in [4.69, 9.17) is 0 Å². The predicted octanol–water partition coefficient (Wildman–Crippen LogP) is 3.58. The molecule has 0 heterocycles. The van der Waals surface area contributed by atoms with E-state index in [1.54, 1.807) is 0 Å². The second-order valence-electron chi connectivity index (χ2n) is 4.36. The number of unbranched alkanes of at least 4 members (excludes halogenated alkanes) is 2. The summed E-state index contributed by atoms with van der Waals surface area (Å²) in [5.41, 5.74) is 0. The highest BCUT2D eigenvalue weighted by molar-refractivity contribution is 5.63. The molecule has 0 amide bonds. The molecule has 0 saturated carbocycles. The molecule has 1 N–H and O–H groups in total. The maximum atomic E-state index is 4.47. The largest absolute Gasteiger partial charge is 0.309 e. The molecule has 0 aromatic rings. The molecule has 0 rings (SSSR count). The van der Waals surface area contributed by atoms with Crippen LogP contribution < -0.4 is 5.32 Å². The lowest BCUT2D eigenvalue weighted by atomic mass is 10.2. The van der Waals surface area contributed by atoms with Crippen molar-refractivity contribution in [3.63, 3.8) is 0 Å². The number of nitrogens with zero attached hydrogens (tertiary/aromatic N) is 1. The van der Waals surface area contributed by atoms with Gasteiger partial charge in [-0.3, -0.25) is 4.99 Å². The Kier molecular flexibility index (Phi) is 10.4. The fraction of sp³-hybridized carbons (Fsp3) is 0.786. The molecule has 2 heteroatoms. The summed E-state index contributed by atoms with van der Waals surface area (Å²) in [5.74, 6) is 0. The first kappa shape index (κ1) is 15.4. The SMILES string of the molecule is CC=CCCCCNC(C)C=NC(C)CC. The molecule has 0 aliphatic rings. The highest BCUT2D eigenvalue weighted by atomic mass is 14.9. The van der Waals surface area contributed by atoms with E-state index in [9.17, 15) is 0 Å². The Hall–Kier alpha value is -0.630. The van der Waals surface area contributed by atoms with Crippen LogP contribution in [0.5, 0.6) is 0 Å². The molecular formula is C14H28N2. The van der Waals surface area contributed by atoms with Crippen LogP contribution in [0.25, 0.3) is 0 Å². The Balaban J connectivity index is 3.43. The lowest BCUT2D eigenvalue weighted by molar-refractivity contribution is 0.607. The van der Waals surface area contributed by atoms with Crippen LogP contribution in [-0.2, 0) is 0 Å². The van der Waals surface area contributed by atoms with Gasteiger partial charge >= 0.3 is 0 Å². The van der Waals surface area contributed by atoms with E-state index in [2.05, 4.69) is 50.2 Å². The first-order valence-corrected chi connectivity index (χ1v) is 6.58. The van der Waals surface area contributed by atoms with Crippen molar-refractivity contribution in [2.24, 2.45) is 4.99 Å². The van der Waals surface area contributed by atoms with Gasteiger partial charge in [-0.1, -0.05) is 19.1 Å². The van der Waals surface area contributed by atoms with Crippen molar-refractivity contribution >= 4 is 6.21 Å². The van der Waals surface area contributed by atoms with Gasteiger partial charge in [-0.2, -0.15) is 0 Å². The molecule has 0 aromatic heterocycles. The van der Waals surface area contributed by atoms with E-state index in [0.717, 1.165) is 13.0 Å². The predicted molar refractivity (Wildman–Crippen MR) is 74.4 cm³/mol. The van der Waals surface area contributed by atoms with Crippen LogP contribution in [0.3, 0.4) is 0 Å². The van der Waals surface area contributed by atoms with Gasteiger partial charge in [-0.15, -0.1) is 0 Å². The highest BCUT2D eigenvalue weighted by Gasteiger charge is 1.97. The van der Waals surface area contributed by atoms with Crippen molar-refractivity contribution in [1.82, 2.24) is 5.32 Å². The minimum absolute atomic E-state index is 0.399. The number of hydrogen-bond acceptors (Lipinski definition) is 2. The molecule has 0 saturated heterocycles. The maximum Gasteiger partial charge on any atom is 0.0465 e. The van der Waals surface area contributed by atoms with Gasteiger partial charge in [0.2, 0.25) is 0 Å². The summed E-state index contributed by atoms with van der Waals surface area (Å²) in [7, 11) is 0. The molecule has 2 unspecified atom stereocenters. The average Bonchev–Trinajstić information content (AvgIpc) is 2.30. The summed E-state index contributed by atoms with van der Waals surface area (Å²) in [4.78, 5) is 4.47. The molecule has 0 fully saturated rings. The third-order valence-corrected chi connectivity index (χ3v) is 2.65. The minimum Gasteiger partial charge on any atom is -0.309 e. The van der Waals surface area contributed by atoms with Crippen molar-refractivity contribution in [3.8, 4) is 0 Å². The Labute approximate surface area is 101 Å². The number of aliphatic imine (C=N–C) groups is 1. The number of nitrogens with one attached hydrogen (secondary N) is 1. The zero-order chi connectivity index (χ0) is 12.2. The van der Waals surface area contributed by atoms with E-state index >= 15 is 0 Å². The number of allylic oxidation sites excluding steroid dienone is 2. The second-order valence-corrected chi connectivity index (χ2v) is 4.36. The Morgan fingerprint density at radius 3 is 2.62 bits per heavy atom. The topological polar surface area (TPSA) is 24.4 Å². The molecule has 16 heavy (non-hydrogen) atoms. The quantitative estimate of drug-likeness (QED) is 0.361. The third kappa shape index (κ3) is 9.91. The van der Waals surface area contributed by atoms with Crippen molar-refractivity contribution in [2.45, 2.75) is 65.5 Å². The molecule has 2 atom stereocenters. The van der Waals surface area contributed by atoms with Gasteiger partial charge in [-0.05, 0) is 53.0 Å². The lowest BCUT2D eigenvalue weighted by Gasteiger charge is -2.09. The Morgan fingerprint density at radius 2 is 2.00 bits per heavy atom. The van der Waals surface area contributed by atoms with Crippen LogP contribution in [0.1, 0.15) is 53.4 Å². The van der Waals surface area contributed by atoms with Crippen molar-refractivity contribution in [1.29, 1.82) is 0 Å². The first-order chi connectivity index (χ1) is 7.70. The van der Waals surface area contributed by atoms with Gasteiger partial charge in [0.25, 0.3) is 0 Å². The van der Waals surface area contributed by atoms with Gasteiger partial charge in [0.1, 0.15) is 0 Å². The van der Waals surface area contributed by atoms with Crippen LogP contribution in [-0.4, -0.2) is 24.8 Å². The van der Waals surface area contributed by atoms with Crippen molar-refractivity contribution in [2.75, 3.05) is 6.54 Å². The summed E-state index contributed by atoms with van der Waals surface area (Å²) < 4.78 is 0. The number of hydrogen-bond donors (Lipinski definition) is 1. The van der Waals surface area contributed by atoms with Crippen molar-refractivity contribution < 1.29 is 0 Å². The molecule has 0 bridgehead atoms. The van der Waals surface area contributed by atoms with Gasteiger partial charge in [0.05, 0.1) is 0 Å². The lowest BCUT2D eigenvalue weighted by Crippen LogP contribution is -2.28. The van der Waals surface area contributed by atoms with Gasteiger partial charge in [0.15, 0.2) is 0 Å². The fourth-order valence-electron chi connectivity index (χ4n) is 1.32. The molecule has 0 spiro atoms. The maximum absolute atomic E-state index is 4.47. The van der Waals surface area contributed by atoms with Crippen LogP contribution in [0.4, 0.5) is 0 Å². The molecule has 94 valence electrons. The van der Waals surface area contributed by atoms with E-state index in [-0.39, 0.29) is 0 Å². The zero-order valence-electron chi connectivity index (χ0n) is 11.4. The standard InChI is InChI=1S/C14H28N2/c1-5-7-8-9-10-11-15-14(4)12-16-13(3)6-2/h5,7,12-15H,6,8-11H2,1-4H3. The minimum atomic E-state index is 0.399. The van der Waals surface area contributed by atoms with Crippen LogP contribution in [0.2, 0.25) is 0 Å². The summed E-state index contributed by atoms with van der Waals surface area (Å²) in [6, 6.07) is 0.856. The van der Waals surface area contributed by atoms with Crippen molar-refractivity contribution in [3.05, 3.63) is 12.2 Å². The van der Waals surface area contributed by atoms with Gasteiger partial charge < -0.3 is 5.32 Å². The first-order valence-electron chi connectivity index (χ1n) is 6.58. The van der Waals surface area contributed by atoms with E-state index in [1.165, 1.54) is 19.3 Å². The van der Waals surface area contributed by atoms with E-state index in [0.29, 0.717) is 12.1 Å². The average molecular weight is 224 g/mol. The molecular weight excluding hydrogens is 196 g/mol. The monoisotopic (exact) mass is 224 g/mol. The zero-order valence-corrected chi connectivity index (χ0v) is 11.4. The second kappa shape index (κ2) is 10.9. The van der Waals surface area contributed by atoms with Gasteiger partial charge in [-0.25, -0.2) is 0 Å². The third-order valence-electron chi connectivity index (χ3n) is 2.65. The van der Waals surface area contributed by atoms with Crippen LogP contribution >= 0.6 is 0 Å². The molecule has 0 aliphatic carbocycles. The molecule has 2 nitrogen and oxygen atoms in total. The Bertz CT molecular complexity index is 197. The highest BCUT2D eigenvalue weighted by Crippen LogP contribution is 1.96. The van der Waals surface area contributed by atoms with E-state index < -0.39 is 0 Å². The fourth-order valence-corrected chi connectivity index (χ4v) is 1.32. The summed E-state index contributed by atoms with van der Waals surface area (Å²) in [5, 5.41) is 3.47. The summed E-state index contributed by atoms with van der Waals surface area (Å²) in [6.07, 6.45) is 11.2. The van der Waals surface area contributed by atoms with Crippen LogP contribution in [0, 0.1) is 0 Å². The number of rotatable bonds is 9. The summed E-state index contributed by atoms with van der Waals surface area (Å²) in [6.45, 7) is 9.65. The molecule has 0 aromatic carbocycles. The van der Waals surface area contributed by atoms with E-state index in [1.807, 2.05) is 6.21 Å². The summed E-state index contributed by atoms with van der Waals surface area (Å²) >= 11 is 0. The molecule has 0 aliphatic heterocycles. The molecule has 0 radical (unpaired) electrons. The normalized spacial score (nSPS) is 16.0. The van der Waals surface area contributed by atoms with Gasteiger partial charge in [0, 0.05) is 18.3 Å².